The van der Waals surface area contributed by atoms with Crippen LogP contribution in [-0.4, -0.2) is 54.1 Å². The molecular formula is C20H21F2N5O4. The van der Waals surface area contributed by atoms with Crippen LogP contribution in [0.3, 0.4) is 0 Å². The van der Waals surface area contributed by atoms with Gasteiger partial charge in [-0.15, -0.1) is 0 Å². The fraction of sp³-hybridized carbons (Fsp3) is 0.400. The number of urea groups is 1. The minimum atomic E-state index is -1.47. The number of rotatable bonds is 5. The number of amides is 4. The zero-order valence-electron chi connectivity index (χ0n) is 16.8. The van der Waals surface area contributed by atoms with Gasteiger partial charge in [-0.2, -0.15) is 0 Å². The Bertz CT molecular complexity index is 1010. The van der Waals surface area contributed by atoms with Crippen LogP contribution in [0.1, 0.15) is 24.3 Å². The predicted molar refractivity (Wildman–Crippen MR) is 104 cm³/mol. The number of nitrogens with zero attached hydrogens (tertiary/aromatic N) is 3. The number of nitrogens with one attached hydrogen (secondary N) is 2. The normalized spacial score (nSPS) is 21.3. The molecule has 0 saturated carbocycles. The van der Waals surface area contributed by atoms with E-state index in [1.54, 1.807) is 22.8 Å². The number of imide groups is 1. The molecule has 0 radical (unpaired) electrons. The molecule has 2 aliphatic heterocycles. The smallest absolute Gasteiger partial charge is 0.322 e. The Morgan fingerprint density at radius 2 is 1.81 bits per heavy atom. The Morgan fingerprint density at radius 1 is 1.13 bits per heavy atom. The number of halogens is 2. The highest BCUT2D eigenvalue weighted by Gasteiger charge is 2.50. The van der Waals surface area contributed by atoms with Crippen molar-refractivity contribution in [2.24, 2.45) is 0 Å². The van der Waals surface area contributed by atoms with Gasteiger partial charge in [-0.05, 0) is 25.5 Å². The summed E-state index contributed by atoms with van der Waals surface area (Å²) >= 11 is 0. The number of aryl methyl sites for hydroxylation is 1. The first kappa shape index (κ1) is 20.8. The predicted octanol–water partition coefficient (Wildman–Crippen LogP) is 1.42. The van der Waals surface area contributed by atoms with Gasteiger partial charge in [0.25, 0.3) is 5.91 Å². The number of hydrogen-bond donors (Lipinski definition) is 2. The van der Waals surface area contributed by atoms with Crippen molar-refractivity contribution < 1.29 is 27.7 Å². The molecule has 2 saturated heterocycles. The van der Waals surface area contributed by atoms with Crippen LogP contribution in [0.15, 0.2) is 28.8 Å². The van der Waals surface area contributed by atoms with E-state index in [1.807, 2.05) is 0 Å². The minimum Gasteiger partial charge on any atom is -0.368 e. The summed E-state index contributed by atoms with van der Waals surface area (Å²) in [4.78, 5) is 40.5. The maximum absolute atomic E-state index is 13.5. The fourth-order valence-corrected chi connectivity index (χ4v) is 3.93. The van der Waals surface area contributed by atoms with Gasteiger partial charge in [0.05, 0.1) is 0 Å². The van der Waals surface area contributed by atoms with Gasteiger partial charge in [0.15, 0.2) is 5.54 Å². The molecule has 2 fully saturated rings. The van der Waals surface area contributed by atoms with Crippen molar-refractivity contribution in [3.63, 3.8) is 0 Å². The molecule has 1 aromatic carbocycles. The Morgan fingerprint density at radius 3 is 2.35 bits per heavy atom. The van der Waals surface area contributed by atoms with Crippen LogP contribution in [0, 0.1) is 18.6 Å². The van der Waals surface area contributed by atoms with Crippen molar-refractivity contribution in [1.29, 1.82) is 0 Å². The van der Waals surface area contributed by atoms with Crippen LogP contribution in [0.4, 0.5) is 19.3 Å². The molecular weight excluding hydrogens is 412 g/mol. The maximum Gasteiger partial charge on any atom is 0.322 e. The Kier molecular flexibility index (Phi) is 5.34. The summed E-state index contributed by atoms with van der Waals surface area (Å²) in [5.74, 6) is -1.62. The third-order valence-corrected chi connectivity index (χ3v) is 5.57. The average molecular weight is 433 g/mol. The van der Waals surface area contributed by atoms with Crippen LogP contribution in [0.25, 0.3) is 0 Å². The van der Waals surface area contributed by atoms with Crippen molar-refractivity contribution in [2.75, 3.05) is 31.1 Å². The standard InChI is InChI=1S/C20H21F2N5O4/c1-12-8-16(25-31-12)20(18(29)23-19(30)24-20)3-2-17(28)27-6-4-26(5-7-27)15-10-13(21)9-14(22)11-15/h8-11H,2-7H2,1H3,(H2,23,24,29,30). The first-order valence-electron chi connectivity index (χ1n) is 9.83. The molecule has 2 aliphatic rings. The van der Waals surface area contributed by atoms with Crippen LogP contribution in [0.5, 0.6) is 0 Å². The van der Waals surface area contributed by atoms with Crippen LogP contribution in [0.2, 0.25) is 0 Å². The monoisotopic (exact) mass is 433 g/mol. The lowest BCUT2D eigenvalue weighted by molar-refractivity contribution is -0.132. The van der Waals surface area contributed by atoms with Crippen molar-refractivity contribution in [3.8, 4) is 0 Å². The zero-order chi connectivity index (χ0) is 22.2. The highest BCUT2D eigenvalue weighted by molar-refractivity contribution is 6.07. The number of aromatic nitrogens is 1. The van der Waals surface area contributed by atoms with E-state index in [4.69, 9.17) is 4.52 Å². The molecule has 2 aromatic rings. The van der Waals surface area contributed by atoms with Gasteiger partial charge >= 0.3 is 6.03 Å². The quantitative estimate of drug-likeness (QED) is 0.691. The van der Waals surface area contributed by atoms with Gasteiger partial charge in [-0.3, -0.25) is 14.9 Å². The van der Waals surface area contributed by atoms with Gasteiger partial charge in [0, 0.05) is 50.4 Å². The van der Waals surface area contributed by atoms with Gasteiger partial charge < -0.3 is 19.6 Å². The SMILES string of the molecule is Cc1cc(C2(CCC(=O)N3CCN(c4cc(F)cc(F)c4)CC3)NC(=O)NC2=O)no1. The van der Waals surface area contributed by atoms with Crippen molar-refractivity contribution in [1.82, 2.24) is 20.7 Å². The van der Waals surface area contributed by atoms with E-state index < -0.39 is 29.1 Å². The first-order valence-corrected chi connectivity index (χ1v) is 9.83. The number of piperazine rings is 1. The molecule has 0 aliphatic carbocycles. The van der Waals surface area contributed by atoms with E-state index in [9.17, 15) is 23.2 Å². The summed E-state index contributed by atoms with van der Waals surface area (Å²) < 4.78 is 32.0. The van der Waals surface area contributed by atoms with Gasteiger partial charge in [-0.25, -0.2) is 13.6 Å². The van der Waals surface area contributed by atoms with Crippen LogP contribution < -0.4 is 15.5 Å². The summed E-state index contributed by atoms with van der Waals surface area (Å²) in [5, 5.41) is 8.62. The molecule has 0 spiro atoms. The van der Waals surface area contributed by atoms with Gasteiger partial charge in [-0.1, -0.05) is 5.16 Å². The summed E-state index contributed by atoms with van der Waals surface area (Å²) in [6, 6.07) is 4.21. The molecule has 164 valence electrons. The molecule has 4 rings (SSSR count). The molecule has 1 unspecified atom stereocenters. The lowest BCUT2D eigenvalue weighted by atomic mass is 9.89. The lowest BCUT2D eigenvalue weighted by Gasteiger charge is -2.36. The van der Waals surface area contributed by atoms with E-state index in [0.29, 0.717) is 37.6 Å². The van der Waals surface area contributed by atoms with E-state index >= 15 is 0 Å². The molecule has 4 amide bonds. The van der Waals surface area contributed by atoms with E-state index in [1.165, 1.54) is 12.1 Å². The maximum atomic E-state index is 13.5. The largest absolute Gasteiger partial charge is 0.368 e. The third kappa shape index (κ3) is 4.07. The highest BCUT2D eigenvalue weighted by atomic mass is 19.1. The second-order valence-corrected chi connectivity index (χ2v) is 7.63. The average Bonchev–Trinajstić information content (AvgIpc) is 3.28. The first-order chi connectivity index (χ1) is 14.8. The minimum absolute atomic E-state index is 0.00575. The number of anilines is 1. The molecule has 2 N–H and O–H groups in total. The zero-order valence-corrected chi connectivity index (χ0v) is 16.8. The third-order valence-electron chi connectivity index (χ3n) is 5.57. The molecule has 0 bridgehead atoms. The Labute approximate surface area is 176 Å². The molecule has 1 aromatic heterocycles. The molecule has 9 nitrogen and oxygen atoms in total. The lowest BCUT2D eigenvalue weighted by Crippen LogP contribution is -2.50. The van der Waals surface area contributed by atoms with Crippen LogP contribution >= 0.6 is 0 Å². The van der Waals surface area contributed by atoms with E-state index in [2.05, 4.69) is 15.8 Å². The van der Waals surface area contributed by atoms with Gasteiger partial charge in [0.1, 0.15) is 23.1 Å². The summed E-state index contributed by atoms with van der Waals surface area (Å²) in [6.45, 7) is 3.23. The second-order valence-electron chi connectivity index (χ2n) is 7.63. The summed E-state index contributed by atoms with van der Waals surface area (Å²) in [7, 11) is 0. The fourth-order valence-electron chi connectivity index (χ4n) is 3.93. The van der Waals surface area contributed by atoms with Gasteiger partial charge in [0.2, 0.25) is 5.91 Å². The van der Waals surface area contributed by atoms with E-state index in [0.717, 1.165) is 6.07 Å². The van der Waals surface area contributed by atoms with E-state index in [-0.39, 0.29) is 24.4 Å². The number of carbonyl (C=O) groups is 3. The van der Waals surface area contributed by atoms with Crippen molar-refractivity contribution in [2.45, 2.75) is 25.3 Å². The Hall–Kier alpha value is -3.50. The Balaban J connectivity index is 1.39. The number of hydrogen-bond acceptors (Lipinski definition) is 6. The van der Waals surface area contributed by atoms with Crippen molar-refractivity contribution in [3.05, 3.63) is 47.4 Å². The number of carbonyl (C=O) groups excluding carboxylic acids is 3. The topological polar surface area (TPSA) is 108 Å². The second kappa shape index (κ2) is 7.97. The van der Waals surface area contributed by atoms with Crippen molar-refractivity contribution >= 4 is 23.5 Å². The molecule has 3 heterocycles. The molecule has 31 heavy (non-hydrogen) atoms. The number of benzene rings is 1. The summed E-state index contributed by atoms with van der Waals surface area (Å²) in [5.41, 5.74) is -0.805. The molecule has 11 heteroatoms. The summed E-state index contributed by atoms with van der Waals surface area (Å²) in [6.07, 6.45) is 0.0128. The highest BCUT2D eigenvalue weighted by Crippen LogP contribution is 2.30. The van der Waals surface area contributed by atoms with Crippen LogP contribution in [-0.2, 0) is 15.1 Å². The molecule has 1 atom stereocenters.